The molecule has 5 nitrogen and oxygen atoms in total. The van der Waals surface area contributed by atoms with Crippen LogP contribution in [0.25, 0.3) is 0 Å². The summed E-state index contributed by atoms with van der Waals surface area (Å²) in [5.74, 6) is 0.937. The van der Waals surface area contributed by atoms with Crippen molar-refractivity contribution in [3.8, 4) is 0 Å². The summed E-state index contributed by atoms with van der Waals surface area (Å²) in [5, 5.41) is 9.18. The number of nitrogens with zero attached hydrogens (tertiary/aromatic N) is 2. The summed E-state index contributed by atoms with van der Waals surface area (Å²) >= 11 is 0. The second-order valence-electron chi connectivity index (χ2n) is 5.29. The van der Waals surface area contributed by atoms with Crippen molar-refractivity contribution in [2.75, 3.05) is 18.1 Å². The minimum absolute atomic E-state index is 0.106. The lowest BCUT2D eigenvalue weighted by atomic mass is 9.99. The number of hydrogen-bond acceptors (Lipinski definition) is 4. The van der Waals surface area contributed by atoms with E-state index in [2.05, 4.69) is 11.9 Å². The third-order valence-electron chi connectivity index (χ3n) is 3.76. The number of aromatic nitrogens is 1. The van der Waals surface area contributed by atoms with Gasteiger partial charge in [-0.1, -0.05) is 19.4 Å². The highest BCUT2D eigenvalue weighted by molar-refractivity contribution is 5.88. The number of amides is 1. The Hall–Kier alpha value is -1.62. The number of carbonyl (C=O) groups is 1. The van der Waals surface area contributed by atoms with Crippen LogP contribution in [0.3, 0.4) is 0 Å². The molecule has 5 heteroatoms. The van der Waals surface area contributed by atoms with E-state index in [1.807, 2.05) is 25.1 Å². The number of cyclic esters (lactones) is 1. The van der Waals surface area contributed by atoms with E-state index >= 15 is 0 Å². The Morgan fingerprint density at radius 1 is 1.55 bits per heavy atom. The van der Waals surface area contributed by atoms with Crippen LogP contribution >= 0.6 is 0 Å². The molecule has 0 unspecified atom stereocenters. The van der Waals surface area contributed by atoms with E-state index in [4.69, 9.17) is 4.74 Å². The number of aliphatic hydroxyl groups excluding tert-OH is 1. The Morgan fingerprint density at radius 2 is 2.35 bits per heavy atom. The van der Waals surface area contributed by atoms with E-state index in [0.29, 0.717) is 18.3 Å². The smallest absolute Gasteiger partial charge is 0.415 e. The van der Waals surface area contributed by atoms with Gasteiger partial charge in [0.15, 0.2) is 0 Å². The Kier molecular flexibility index (Phi) is 4.95. The van der Waals surface area contributed by atoms with E-state index in [-0.39, 0.29) is 18.8 Å². The molecule has 1 N–H and O–H groups in total. The molecule has 1 saturated heterocycles. The van der Waals surface area contributed by atoms with Gasteiger partial charge in [0, 0.05) is 12.3 Å². The van der Waals surface area contributed by atoms with Gasteiger partial charge >= 0.3 is 6.09 Å². The molecule has 1 amide bonds. The van der Waals surface area contributed by atoms with Crippen LogP contribution in [-0.2, 0) is 4.74 Å². The van der Waals surface area contributed by atoms with Gasteiger partial charge in [0.05, 0.1) is 6.54 Å². The van der Waals surface area contributed by atoms with E-state index < -0.39 is 0 Å². The topological polar surface area (TPSA) is 62.7 Å². The molecule has 1 aromatic rings. The minimum atomic E-state index is -0.329. The molecule has 2 rings (SSSR count). The van der Waals surface area contributed by atoms with Crippen molar-refractivity contribution < 1.29 is 14.6 Å². The fourth-order valence-electron chi connectivity index (χ4n) is 2.38. The van der Waals surface area contributed by atoms with Crippen molar-refractivity contribution in [1.29, 1.82) is 0 Å². The molecule has 2 atom stereocenters. The first-order chi connectivity index (χ1) is 9.63. The van der Waals surface area contributed by atoms with Gasteiger partial charge in [0.25, 0.3) is 0 Å². The largest absolute Gasteiger partial charge is 0.444 e. The zero-order valence-electron chi connectivity index (χ0n) is 12.1. The maximum absolute atomic E-state index is 11.9. The Bertz CT molecular complexity index is 460. The monoisotopic (exact) mass is 278 g/mol. The molecule has 20 heavy (non-hydrogen) atoms. The van der Waals surface area contributed by atoms with E-state index in [1.54, 1.807) is 4.90 Å². The van der Waals surface area contributed by atoms with Crippen molar-refractivity contribution >= 4 is 11.9 Å². The molecule has 110 valence electrons. The Morgan fingerprint density at radius 3 is 3.00 bits per heavy atom. The third-order valence-corrected chi connectivity index (χ3v) is 3.76. The molecule has 0 saturated carbocycles. The lowest BCUT2D eigenvalue weighted by Gasteiger charge is -2.14. The van der Waals surface area contributed by atoms with Gasteiger partial charge in [0.1, 0.15) is 11.9 Å². The maximum atomic E-state index is 11.9. The van der Waals surface area contributed by atoms with Gasteiger partial charge in [0.2, 0.25) is 0 Å². The first-order valence-electron chi connectivity index (χ1n) is 7.16. The van der Waals surface area contributed by atoms with Gasteiger partial charge < -0.3 is 9.84 Å². The molecule has 1 fully saturated rings. The summed E-state index contributed by atoms with van der Waals surface area (Å²) in [6, 6.07) is 5.60. The van der Waals surface area contributed by atoms with Crippen molar-refractivity contribution in [1.82, 2.24) is 4.98 Å². The summed E-state index contributed by atoms with van der Waals surface area (Å²) < 4.78 is 5.37. The standard InChI is InChI=1S/C15H22N2O3/c1-3-12(10-18)7-8-13-9-17(15(19)20-13)14-6-4-5-11(2)16-14/h4-6,12-13,18H,3,7-10H2,1-2H3/t12-,13-/m1/s1. The van der Waals surface area contributed by atoms with Crippen LogP contribution in [0.1, 0.15) is 31.9 Å². The highest BCUT2D eigenvalue weighted by Crippen LogP contribution is 2.23. The first kappa shape index (κ1) is 14.8. The maximum Gasteiger partial charge on any atom is 0.415 e. The van der Waals surface area contributed by atoms with Crippen molar-refractivity contribution in [2.24, 2.45) is 5.92 Å². The van der Waals surface area contributed by atoms with Crippen LogP contribution in [-0.4, -0.2) is 35.4 Å². The molecular formula is C15H22N2O3. The quantitative estimate of drug-likeness (QED) is 0.868. The molecule has 2 heterocycles. The fourth-order valence-corrected chi connectivity index (χ4v) is 2.38. The van der Waals surface area contributed by atoms with Crippen LogP contribution in [0.2, 0.25) is 0 Å². The molecule has 0 radical (unpaired) electrons. The van der Waals surface area contributed by atoms with Crippen LogP contribution in [0.15, 0.2) is 18.2 Å². The van der Waals surface area contributed by atoms with Crippen LogP contribution < -0.4 is 4.90 Å². The highest BCUT2D eigenvalue weighted by Gasteiger charge is 2.33. The Labute approximate surface area is 119 Å². The summed E-state index contributed by atoms with van der Waals surface area (Å²) in [4.78, 5) is 17.8. The molecule has 1 aromatic heterocycles. The number of anilines is 1. The van der Waals surface area contributed by atoms with Crippen LogP contribution in [0.4, 0.5) is 10.6 Å². The molecular weight excluding hydrogens is 256 g/mol. The highest BCUT2D eigenvalue weighted by atomic mass is 16.6. The minimum Gasteiger partial charge on any atom is -0.444 e. The second-order valence-corrected chi connectivity index (χ2v) is 5.29. The predicted molar refractivity (Wildman–Crippen MR) is 76.7 cm³/mol. The van der Waals surface area contributed by atoms with E-state index in [1.165, 1.54) is 0 Å². The average molecular weight is 278 g/mol. The number of aryl methyl sites for hydroxylation is 1. The number of carbonyl (C=O) groups excluding carboxylic acids is 1. The molecule has 0 spiro atoms. The zero-order valence-corrected chi connectivity index (χ0v) is 12.1. The van der Waals surface area contributed by atoms with Crippen molar-refractivity contribution in [2.45, 2.75) is 39.2 Å². The number of ether oxygens (including phenoxy) is 1. The van der Waals surface area contributed by atoms with E-state index in [0.717, 1.165) is 25.0 Å². The summed E-state index contributed by atoms with van der Waals surface area (Å²) in [5.41, 5.74) is 0.880. The number of pyridine rings is 1. The number of rotatable bonds is 6. The van der Waals surface area contributed by atoms with Crippen molar-refractivity contribution in [3.63, 3.8) is 0 Å². The molecule has 0 aromatic carbocycles. The second kappa shape index (κ2) is 6.70. The third kappa shape index (κ3) is 3.48. The number of hydrogen-bond donors (Lipinski definition) is 1. The molecule has 1 aliphatic heterocycles. The molecule has 1 aliphatic rings. The SMILES string of the molecule is CC[C@@H](CO)CC[C@@H]1CN(c2cccc(C)n2)C(=O)O1. The molecule has 0 aliphatic carbocycles. The fraction of sp³-hybridized carbons (Fsp3) is 0.600. The predicted octanol–water partition coefficient (Wildman–Crippen LogP) is 2.51. The molecule has 0 bridgehead atoms. The average Bonchev–Trinajstić information content (AvgIpc) is 2.81. The van der Waals surface area contributed by atoms with Crippen LogP contribution in [0, 0.1) is 12.8 Å². The van der Waals surface area contributed by atoms with Crippen molar-refractivity contribution in [3.05, 3.63) is 23.9 Å². The van der Waals surface area contributed by atoms with Gasteiger partial charge in [-0.25, -0.2) is 9.78 Å². The van der Waals surface area contributed by atoms with Gasteiger partial charge in [-0.3, -0.25) is 4.90 Å². The van der Waals surface area contributed by atoms with E-state index in [9.17, 15) is 9.90 Å². The first-order valence-corrected chi connectivity index (χ1v) is 7.16. The lowest BCUT2D eigenvalue weighted by molar-refractivity contribution is 0.126. The van der Waals surface area contributed by atoms with Gasteiger partial charge in [-0.15, -0.1) is 0 Å². The summed E-state index contributed by atoms with van der Waals surface area (Å²) in [7, 11) is 0. The van der Waals surface area contributed by atoms with Gasteiger partial charge in [-0.05, 0) is 37.8 Å². The summed E-state index contributed by atoms with van der Waals surface area (Å²) in [6.45, 7) is 4.69. The Balaban J connectivity index is 1.94. The normalized spacial score (nSPS) is 20.1. The number of aliphatic hydroxyl groups is 1. The van der Waals surface area contributed by atoms with Crippen LogP contribution in [0.5, 0.6) is 0 Å². The summed E-state index contributed by atoms with van der Waals surface area (Å²) in [6.07, 6.45) is 2.17. The van der Waals surface area contributed by atoms with Gasteiger partial charge in [-0.2, -0.15) is 0 Å². The lowest BCUT2D eigenvalue weighted by Crippen LogP contribution is -2.25. The zero-order chi connectivity index (χ0) is 14.5.